The molecular weight excluding hydrogens is 425 g/mol. The summed E-state index contributed by atoms with van der Waals surface area (Å²) in [6.45, 7) is 3.81. The van der Waals surface area contributed by atoms with E-state index in [2.05, 4.69) is 0 Å². The van der Waals surface area contributed by atoms with E-state index in [-0.39, 0.29) is 40.9 Å². The number of Topliss-reactive ketones (excluding diaryl/α,β-unsaturated/α-hetero) is 1. The number of para-hydroxylation sites is 1. The molecule has 0 spiro atoms. The van der Waals surface area contributed by atoms with Gasteiger partial charge in [0.25, 0.3) is 0 Å². The minimum Gasteiger partial charge on any atom is -0.505 e. The van der Waals surface area contributed by atoms with Crippen molar-refractivity contribution >= 4 is 23.4 Å². The van der Waals surface area contributed by atoms with Gasteiger partial charge in [0.1, 0.15) is 0 Å². The van der Waals surface area contributed by atoms with Crippen molar-refractivity contribution in [2.45, 2.75) is 39.0 Å². The summed E-state index contributed by atoms with van der Waals surface area (Å²) in [7, 11) is 0. The van der Waals surface area contributed by atoms with Gasteiger partial charge in [-0.1, -0.05) is 30.7 Å². The molecule has 4 unspecified atom stereocenters. The fourth-order valence-corrected chi connectivity index (χ4v) is 6.01. The first-order valence-corrected chi connectivity index (χ1v) is 11.3. The summed E-state index contributed by atoms with van der Waals surface area (Å²) in [5.41, 5.74) is 1.72. The van der Waals surface area contributed by atoms with Crippen LogP contribution >= 0.6 is 0 Å². The molecule has 1 aliphatic heterocycles. The molecule has 7 heteroatoms. The molecule has 5 rings (SSSR count). The van der Waals surface area contributed by atoms with Crippen LogP contribution in [0.5, 0.6) is 5.75 Å². The largest absolute Gasteiger partial charge is 0.505 e. The molecule has 33 heavy (non-hydrogen) atoms. The first-order chi connectivity index (χ1) is 15.8. The van der Waals surface area contributed by atoms with Crippen LogP contribution in [0.3, 0.4) is 0 Å². The highest BCUT2D eigenvalue weighted by atomic mass is 19.1. The fraction of sp³-hybridized carbons (Fsp3) is 0.385. The quantitative estimate of drug-likeness (QED) is 0.434. The Morgan fingerprint density at radius 3 is 2.61 bits per heavy atom. The highest BCUT2D eigenvalue weighted by Crippen LogP contribution is 2.56. The predicted octanol–water partition coefficient (Wildman–Crippen LogP) is 3.37. The standard InChI is InChI=1S/C26H24FNO5/c1-3-9-28-25(32)15-8-7-13-16(21(15)26(28)33)11-17-22(19(29)10-12(2)23(17)30)20(13)14-5-4-6-18(27)24(14)31/h4-7,10,15-16,20-21,31H,3,8-9,11H2,1-2H3. The predicted molar refractivity (Wildman–Crippen MR) is 116 cm³/mol. The third-order valence-electron chi connectivity index (χ3n) is 7.43. The van der Waals surface area contributed by atoms with Crippen molar-refractivity contribution in [3.8, 4) is 5.75 Å². The molecule has 2 amide bonds. The Bertz CT molecular complexity index is 1220. The molecule has 1 aromatic carbocycles. The van der Waals surface area contributed by atoms with Gasteiger partial charge in [-0.05, 0) is 44.2 Å². The second kappa shape index (κ2) is 7.61. The van der Waals surface area contributed by atoms with Crippen molar-refractivity contribution in [3.05, 3.63) is 64.0 Å². The van der Waals surface area contributed by atoms with Gasteiger partial charge in [0.15, 0.2) is 23.1 Å². The van der Waals surface area contributed by atoms with E-state index < -0.39 is 35.2 Å². The van der Waals surface area contributed by atoms with Gasteiger partial charge < -0.3 is 5.11 Å². The van der Waals surface area contributed by atoms with E-state index in [1.807, 2.05) is 13.0 Å². The summed E-state index contributed by atoms with van der Waals surface area (Å²) in [6.07, 6.45) is 4.28. The zero-order valence-electron chi connectivity index (χ0n) is 18.4. The Morgan fingerprint density at radius 1 is 1.12 bits per heavy atom. The van der Waals surface area contributed by atoms with E-state index in [1.165, 1.54) is 23.1 Å². The first-order valence-electron chi connectivity index (χ1n) is 11.3. The molecule has 0 saturated carbocycles. The van der Waals surface area contributed by atoms with E-state index in [4.69, 9.17) is 0 Å². The van der Waals surface area contributed by atoms with Crippen LogP contribution in [0, 0.1) is 23.6 Å². The summed E-state index contributed by atoms with van der Waals surface area (Å²) < 4.78 is 14.3. The second-order valence-electron chi connectivity index (χ2n) is 9.23. The number of hydrogen-bond donors (Lipinski definition) is 1. The summed E-state index contributed by atoms with van der Waals surface area (Å²) in [6, 6.07) is 4.11. The molecule has 0 radical (unpaired) electrons. The van der Waals surface area contributed by atoms with Crippen molar-refractivity contribution in [3.63, 3.8) is 0 Å². The fourth-order valence-electron chi connectivity index (χ4n) is 6.01. The Kier molecular flexibility index (Phi) is 4.96. The van der Waals surface area contributed by atoms with Gasteiger partial charge in [-0.2, -0.15) is 0 Å². The molecule has 170 valence electrons. The van der Waals surface area contributed by atoms with Gasteiger partial charge >= 0.3 is 0 Å². The van der Waals surface area contributed by atoms with Crippen LogP contribution < -0.4 is 0 Å². The molecule has 6 nitrogen and oxygen atoms in total. The highest BCUT2D eigenvalue weighted by Gasteiger charge is 2.56. The number of phenols is 1. The monoisotopic (exact) mass is 449 g/mol. The molecule has 4 atom stereocenters. The number of aromatic hydroxyl groups is 1. The number of nitrogens with zero attached hydrogens (tertiary/aromatic N) is 1. The number of fused-ring (bicyclic) bond motifs is 3. The van der Waals surface area contributed by atoms with Gasteiger partial charge in [0.2, 0.25) is 11.8 Å². The highest BCUT2D eigenvalue weighted by molar-refractivity contribution is 6.23. The van der Waals surface area contributed by atoms with Crippen LogP contribution in [0.1, 0.15) is 44.6 Å². The van der Waals surface area contributed by atoms with E-state index in [1.54, 1.807) is 6.92 Å². The van der Waals surface area contributed by atoms with Crippen LogP contribution in [0.15, 0.2) is 52.6 Å². The SMILES string of the molecule is CCCN1C(=O)C2CC=C3C(c4cccc(F)c4O)C4=C(CC3C2C1=O)C(=O)C(C)=CC4=O. The number of carbonyl (C=O) groups excluding carboxylic acids is 4. The number of hydrogen-bond acceptors (Lipinski definition) is 5. The Morgan fingerprint density at radius 2 is 1.88 bits per heavy atom. The molecule has 1 heterocycles. The second-order valence-corrected chi connectivity index (χ2v) is 9.23. The van der Waals surface area contributed by atoms with E-state index in [0.717, 1.165) is 6.07 Å². The van der Waals surface area contributed by atoms with Gasteiger partial charge in [0, 0.05) is 34.7 Å². The van der Waals surface area contributed by atoms with Gasteiger partial charge in [-0.15, -0.1) is 0 Å². The number of halogens is 1. The summed E-state index contributed by atoms with van der Waals surface area (Å²) in [5.74, 6) is -4.95. The Balaban J connectivity index is 1.70. The lowest BCUT2D eigenvalue weighted by molar-refractivity contribution is -0.140. The molecular formula is C26H24FNO5. The number of ketones is 2. The Hall–Kier alpha value is -3.35. The zero-order chi connectivity index (χ0) is 23.6. The molecule has 1 saturated heterocycles. The number of phenolic OH excluding ortho intramolecular Hbond substituents is 1. The van der Waals surface area contributed by atoms with Crippen LogP contribution in [-0.2, 0) is 19.2 Å². The lowest BCUT2D eigenvalue weighted by Gasteiger charge is -2.42. The lowest BCUT2D eigenvalue weighted by Crippen LogP contribution is -2.39. The minimum absolute atomic E-state index is 0.170. The summed E-state index contributed by atoms with van der Waals surface area (Å²) in [4.78, 5) is 53.8. The van der Waals surface area contributed by atoms with Crippen molar-refractivity contribution in [2.24, 2.45) is 17.8 Å². The van der Waals surface area contributed by atoms with E-state index in [9.17, 15) is 28.7 Å². The number of allylic oxidation sites excluding steroid dienone is 6. The van der Waals surface area contributed by atoms with E-state index >= 15 is 0 Å². The van der Waals surface area contributed by atoms with Crippen LogP contribution in [0.4, 0.5) is 4.39 Å². The number of imide groups is 1. The Labute approximate surface area is 190 Å². The molecule has 1 aromatic rings. The van der Waals surface area contributed by atoms with Gasteiger partial charge in [0.05, 0.1) is 11.8 Å². The molecule has 1 fully saturated rings. The average molecular weight is 449 g/mol. The summed E-state index contributed by atoms with van der Waals surface area (Å²) in [5, 5.41) is 10.6. The molecule has 1 N–H and O–H groups in total. The number of amides is 2. The average Bonchev–Trinajstić information content (AvgIpc) is 3.03. The molecule has 0 aromatic heterocycles. The van der Waals surface area contributed by atoms with Crippen LogP contribution in [-0.4, -0.2) is 39.9 Å². The third-order valence-corrected chi connectivity index (χ3v) is 7.43. The van der Waals surface area contributed by atoms with Crippen molar-refractivity contribution in [1.82, 2.24) is 4.90 Å². The normalized spacial score (nSPS) is 29.0. The smallest absolute Gasteiger partial charge is 0.233 e. The van der Waals surface area contributed by atoms with Crippen LogP contribution in [0.25, 0.3) is 0 Å². The topological polar surface area (TPSA) is 91.8 Å². The van der Waals surface area contributed by atoms with Gasteiger partial charge in [-0.25, -0.2) is 4.39 Å². The molecule has 0 bridgehead atoms. The lowest BCUT2D eigenvalue weighted by atomic mass is 9.59. The van der Waals surface area contributed by atoms with Gasteiger partial charge in [-0.3, -0.25) is 24.1 Å². The maximum atomic E-state index is 14.3. The van der Waals surface area contributed by atoms with E-state index in [0.29, 0.717) is 36.1 Å². The van der Waals surface area contributed by atoms with Crippen molar-refractivity contribution < 1.29 is 28.7 Å². The number of carbonyl (C=O) groups is 4. The maximum Gasteiger partial charge on any atom is 0.233 e. The first kappa shape index (κ1) is 21.5. The molecule has 3 aliphatic carbocycles. The number of likely N-dealkylation sites (tertiary alicyclic amines) is 1. The van der Waals surface area contributed by atoms with Crippen molar-refractivity contribution in [1.29, 1.82) is 0 Å². The third kappa shape index (κ3) is 2.98. The summed E-state index contributed by atoms with van der Waals surface area (Å²) >= 11 is 0. The van der Waals surface area contributed by atoms with Crippen molar-refractivity contribution in [2.75, 3.05) is 6.54 Å². The molecule has 4 aliphatic rings. The van der Waals surface area contributed by atoms with Crippen LogP contribution in [0.2, 0.25) is 0 Å². The number of rotatable bonds is 3. The maximum absolute atomic E-state index is 14.3. The zero-order valence-corrected chi connectivity index (χ0v) is 18.4. The minimum atomic E-state index is -0.848. The number of benzene rings is 1.